The second-order valence-corrected chi connectivity index (χ2v) is 6.60. The summed E-state index contributed by atoms with van der Waals surface area (Å²) in [6.45, 7) is 6.82. The average Bonchev–Trinajstić information content (AvgIpc) is 2.55. The lowest BCUT2D eigenvalue weighted by molar-refractivity contribution is 0.0970. The van der Waals surface area contributed by atoms with Gasteiger partial charge in [0.1, 0.15) is 0 Å². The van der Waals surface area contributed by atoms with Crippen molar-refractivity contribution in [3.8, 4) is 0 Å². The Hall–Kier alpha value is -2.13. The number of hydrogen-bond acceptors (Lipinski definition) is 2. The van der Waals surface area contributed by atoms with Crippen molar-refractivity contribution in [3.05, 3.63) is 64.7 Å². The molecule has 120 valence electrons. The number of rotatable bonds is 2. The van der Waals surface area contributed by atoms with Gasteiger partial charge < -0.3 is 10.0 Å². The second kappa shape index (κ2) is 6.17. The van der Waals surface area contributed by atoms with Crippen LogP contribution in [0.5, 0.6) is 0 Å². The lowest BCUT2D eigenvalue weighted by atomic mass is 9.96. The minimum atomic E-state index is -0.489. The highest BCUT2D eigenvalue weighted by Crippen LogP contribution is 2.35. The van der Waals surface area contributed by atoms with E-state index in [0.29, 0.717) is 24.4 Å². The third-order valence-corrected chi connectivity index (χ3v) is 4.53. The molecule has 3 rings (SSSR count). The fourth-order valence-corrected chi connectivity index (χ4v) is 3.09. The topological polar surface area (TPSA) is 40.5 Å². The monoisotopic (exact) mass is 309 g/mol. The molecule has 0 aliphatic carbocycles. The molecule has 0 spiro atoms. The van der Waals surface area contributed by atoms with Crippen LogP contribution in [0.3, 0.4) is 0 Å². The van der Waals surface area contributed by atoms with Gasteiger partial charge in [0, 0.05) is 23.4 Å². The first-order valence-corrected chi connectivity index (χ1v) is 8.18. The zero-order chi connectivity index (χ0) is 16.6. The summed E-state index contributed by atoms with van der Waals surface area (Å²) in [5.74, 6) is 0.449. The highest BCUT2D eigenvalue weighted by molar-refractivity contribution is 6.06. The van der Waals surface area contributed by atoms with Crippen molar-refractivity contribution in [1.82, 2.24) is 0 Å². The van der Waals surface area contributed by atoms with E-state index in [9.17, 15) is 9.90 Å². The Kier molecular flexibility index (Phi) is 4.22. The summed E-state index contributed by atoms with van der Waals surface area (Å²) in [5, 5.41) is 10.2. The van der Waals surface area contributed by atoms with Crippen LogP contribution in [0, 0.1) is 6.92 Å². The highest BCUT2D eigenvalue weighted by Gasteiger charge is 2.28. The Morgan fingerprint density at radius 1 is 1.17 bits per heavy atom. The Morgan fingerprint density at radius 3 is 2.52 bits per heavy atom. The molecule has 1 unspecified atom stereocenters. The summed E-state index contributed by atoms with van der Waals surface area (Å²) in [6, 6.07) is 13.7. The van der Waals surface area contributed by atoms with E-state index < -0.39 is 6.10 Å². The molecule has 0 saturated carbocycles. The van der Waals surface area contributed by atoms with Gasteiger partial charge in [-0.15, -0.1) is 0 Å². The number of amides is 1. The van der Waals surface area contributed by atoms with Gasteiger partial charge >= 0.3 is 0 Å². The lowest BCUT2D eigenvalue weighted by Gasteiger charge is -2.32. The number of anilines is 1. The SMILES string of the molecule is Cc1ccc2c(c1)C(O)CCN2C(=O)c1ccc(C(C)C)cc1. The summed E-state index contributed by atoms with van der Waals surface area (Å²) in [5.41, 5.74) is 4.69. The molecule has 0 radical (unpaired) electrons. The van der Waals surface area contributed by atoms with Gasteiger partial charge in [-0.25, -0.2) is 0 Å². The number of nitrogens with zero attached hydrogens (tertiary/aromatic N) is 1. The van der Waals surface area contributed by atoms with Crippen LogP contribution >= 0.6 is 0 Å². The molecule has 0 bridgehead atoms. The molecule has 0 aromatic heterocycles. The second-order valence-electron chi connectivity index (χ2n) is 6.60. The van der Waals surface area contributed by atoms with E-state index in [-0.39, 0.29) is 5.91 Å². The maximum absolute atomic E-state index is 12.9. The van der Waals surface area contributed by atoms with E-state index in [4.69, 9.17) is 0 Å². The Labute approximate surface area is 137 Å². The minimum absolute atomic E-state index is 0.00249. The van der Waals surface area contributed by atoms with Gasteiger partial charge in [0.05, 0.1) is 6.10 Å². The van der Waals surface area contributed by atoms with Crippen molar-refractivity contribution >= 4 is 11.6 Å². The third kappa shape index (κ3) is 3.02. The van der Waals surface area contributed by atoms with Crippen LogP contribution in [-0.4, -0.2) is 17.6 Å². The molecular formula is C20H23NO2. The molecule has 1 amide bonds. The summed E-state index contributed by atoms with van der Waals surface area (Å²) in [4.78, 5) is 14.7. The number of carbonyl (C=O) groups excluding carboxylic acids is 1. The first-order chi connectivity index (χ1) is 11.0. The number of hydrogen-bond donors (Lipinski definition) is 1. The Balaban J connectivity index is 1.93. The number of aryl methyl sites for hydroxylation is 1. The first kappa shape index (κ1) is 15.8. The van der Waals surface area contributed by atoms with Crippen LogP contribution in [-0.2, 0) is 0 Å². The van der Waals surface area contributed by atoms with E-state index in [1.54, 1.807) is 4.90 Å². The van der Waals surface area contributed by atoms with Crippen LogP contribution in [0.15, 0.2) is 42.5 Å². The van der Waals surface area contributed by atoms with Gasteiger partial charge in [0.25, 0.3) is 5.91 Å². The first-order valence-electron chi connectivity index (χ1n) is 8.18. The van der Waals surface area contributed by atoms with Crippen molar-refractivity contribution in [2.45, 2.75) is 39.2 Å². The van der Waals surface area contributed by atoms with Crippen LogP contribution < -0.4 is 4.90 Å². The van der Waals surface area contributed by atoms with Crippen molar-refractivity contribution in [2.75, 3.05) is 11.4 Å². The molecule has 1 heterocycles. The van der Waals surface area contributed by atoms with Crippen LogP contribution in [0.25, 0.3) is 0 Å². The van der Waals surface area contributed by atoms with Crippen molar-refractivity contribution in [2.24, 2.45) is 0 Å². The van der Waals surface area contributed by atoms with Crippen LogP contribution in [0.2, 0.25) is 0 Å². The minimum Gasteiger partial charge on any atom is -0.388 e. The molecule has 1 atom stereocenters. The van der Waals surface area contributed by atoms with Gasteiger partial charge in [-0.05, 0) is 43.0 Å². The molecule has 0 saturated heterocycles. The zero-order valence-electron chi connectivity index (χ0n) is 13.9. The molecule has 2 aromatic rings. The number of fused-ring (bicyclic) bond motifs is 1. The number of benzene rings is 2. The maximum Gasteiger partial charge on any atom is 0.258 e. The van der Waals surface area contributed by atoms with E-state index >= 15 is 0 Å². The zero-order valence-corrected chi connectivity index (χ0v) is 13.9. The maximum atomic E-state index is 12.9. The molecule has 1 N–H and O–H groups in total. The lowest BCUT2D eigenvalue weighted by Crippen LogP contribution is -2.36. The Bertz CT molecular complexity index is 719. The largest absolute Gasteiger partial charge is 0.388 e. The number of carbonyl (C=O) groups is 1. The predicted octanol–water partition coefficient (Wildman–Crippen LogP) is 4.20. The van der Waals surface area contributed by atoms with Crippen LogP contribution in [0.1, 0.15) is 59.3 Å². The van der Waals surface area contributed by atoms with E-state index in [1.165, 1.54) is 5.56 Å². The van der Waals surface area contributed by atoms with Gasteiger partial charge in [0.15, 0.2) is 0 Å². The number of aliphatic hydroxyl groups is 1. The quantitative estimate of drug-likeness (QED) is 0.903. The normalized spacial score (nSPS) is 17.3. The van der Waals surface area contributed by atoms with Crippen molar-refractivity contribution < 1.29 is 9.90 Å². The van der Waals surface area contributed by atoms with Crippen molar-refractivity contribution in [3.63, 3.8) is 0 Å². The highest BCUT2D eigenvalue weighted by atomic mass is 16.3. The molecule has 1 aliphatic rings. The Morgan fingerprint density at radius 2 is 1.87 bits per heavy atom. The van der Waals surface area contributed by atoms with Crippen LogP contribution in [0.4, 0.5) is 5.69 Å². The third-order valence-electron chi connectivity index (χ3n) is 4.53. The molecule has 23 heavy (non-hydrogen) atoms. The molecule has 2 aromatic carbocycles. The molecule has 0 fully saturated rings. The summed E-state index contributed by atoms with van der Waals surface area (Å²) < 4.78 is 0. The van der Waals surface area contributed by atoms with Gasteiger partial charge in [-0.1, -0.05) is 43.7 Å². The van der Waals surface area contributed by atoms with E-state index in [1.807, 2.05) is 49.4 Å². The van der Waals surface area contributed by atoms with E-state index in [0.717, 1.165) is 16.8 Å². The van der Waals surface area contributed by atoms with Crippen molar-refractivity contribution in [1.29, 1.82) is 0 Å². The smallest absolute Gasteiger partial charge is 0.258 e. The molecule has 1 aliphatic heterocycles. The fourth-order valence-electron chi connectivity index (χ4n) is 3.09. The molecular weight excluding hydrogens is 286 g/mol. The fraction of sp³-hybridized carbons (Fsp3) is 0.350. The summed E-state index contributed by atoms with van der Waals surface area (Å²) in [7, 11) is 0. The number of aliphatic hydroxyl groups excluding tert-OH is 1. The average molecular weight is 309 g/mol. The standard InChI is InChI=1S/C20H23NO2/c1-13(2)15-5-7-16(8-6-15)20(23)21-11-10-19(22)17-12-14(3)4-9-18(17)21/h4-9,12-13,19,22H,10-11H2,1-3H3. The summed E-state index contributed by atoms with van der Waals surface area (Å²) >= 11 is 0. The van der Waals surface area contributed by atoms with E-state index in [2.05, 4.69) is 13.8 Å². The predicted molar refractivity (Wildman–Crippen MR) is 93.0 cm³/mol. The summed E-state index contributed by atoms with van der Waals surface area (Å²) in [6.07, 6.45) is 0.0870. The van der Waals surface area contributed by atoms with Gasteiger partial charge in [-0.3, -0.25) is 4.79 Å². The molecule has 3 heteroatoms. The molecule has 3 nitrogen and oxygen atoms in total. The van der Waals surface area contributed by atoms with Gasteiger partial charge in [-0.2, -0.15) is 0 Å². The van der Waals surface area contributed by atoms with Gasteiger partial charge in [0.2, 0.25) is 0 Å².